The number of pyridine rings is 1. The molecule has 0 radical (unpaired) electrons. The molecule has 0 unspecified atom stereocenters. The highest BCUT2D eigenvalue weighted by Gasteiger charge is 2.31. The summed E-state index contributed by atoms with van der Waals surface area (Å²) in [7, 11) is -1.83. The van der Waals surface area contributed by atoms with E-state index in [4.69, 9.17) is 15.5 Å². The summed E-state index contributed by atoms with van der Waals surface area (Å²) in [6, 6.07) is 14.0. The van der Waals surface area contributed by atoms with Crippen LogP contribution in [-0.4, -0.2) is 64.9 Å². The highest BCUT2D eigenvalue weighted by molar-refractivity contribution is 9.10. The molecule has 2 N–H and O–H groups in total. The van der Waals surface area contributed by atoms with Crippen molar-refractivity contribution in [3.63, 3.8) is 0 Å². The molecule has 0 spiro atoms. The molecule has 0 atom stereocenters. The summed E-state index contributed by atoms with van der Waals surface area (Å²) in [6.45, 7) is 1.06. The standard InChI is InChI=1S/C25H27BrN6O3S/c1-35-13-14-36(33,34)31-11-9-18(10-12-31)23-22(26)24(27)32-25(30-23)20(16-29-32)19-7-8-21(28-15-19)17-5-3-2-4-6-17/h2-8,15-16,18H,9-14,27H2,1H3. The molecule has 0 bridgehead atoms. The van der Waals surface area contributed by atoms with Crippen molar-refractivity contribution in [3.8, 4) is 22.4 Å². The molecule has 1 aromatic carbocycles. The third-order valence-corrected chi connectivity index (χ3v) is 9.22. The Morgan fingerprint density at radius 1 is 1.08 bits per heavy atom. The molecule has 4 aromatic rings. The second kappa shape index (κ2) is 10.3. The van der Waals surface area contributed by atoms with E-state index in [0.29, 0.717) is 41.9 Å². The zero-order chi connectivity index (χ0) is 25.3. The quantitative estimate of drug-likeness (QED) is 0.357. The van der Waals surface area contributed by atoms with Crippen LogP contribution in [0.2, 0.25) is 0 Å². The average Bonchev–Trinajstić information content (AvgIpc) is 3.34. The van der Waals surface area contributed by atoms with E-state index in [-0.39, 0.29) is 18.3 Å². The van der Waals surface area contributed by atoms with E-state index in [1.54, 1.807) is 15.0 Å². The first-order valence-corrected chi connectivity index (χ1v) is 14.1. The van der Waals surface area contributed by atoms with E-state index in [2.05, 4.69) is 26.0 Å². The van der Waals surface area contributed by atoms with Crippen LogP contribution in [-0.2, 0) is 14.8 Å². The third-order valence-electron chi connectivity index (χ3n) is 6.57. The molecule has 9 nitrogen and oxygen atoms in total. The Morgan fingerprint density at radius 3 is 2.50 bits per heavy atom. The molecule has 4 heterocycles. The second-order valence-corrected chi connectivity index (χ2v) is 11.7. The summed E-state index contributed by atoms with van der Waals surface area (Å²) in [5.41, 5.74) is 11.6. The molecular formula is C25H27BrN6O3S. The van der Waals surface area contributed by atoms with E-state index in [1.165, 1.54) is 7.11 Å². The van der Waals surface area contributed by atoms with E-state index < -0.39 is 10.0 Å². The normalized spacial score (nSPS) is 15.5. The summed E-state index contributed by atoms with van der Waals surface area (Å²) >= 11 is 3.62. The molecule has 188 valence electrons. The Morgan fingerprint density at radius 2 is 1.83 bits per heavy atom. The lowest BCUT2D eigenvalue weighted by Crippen LogP contribution is -2.40. The van der Waals surface area contributed by atoms with Crippen molar-refractivity contribution in [2.24, 2.45) is 0 Å². The van der Waals surface area contributed by atoms with Crippen LogP contribution >= 0.6 is 15.9 Å². The largest absolute Gasteiger partial charge is 0.384 e. The number of aromatic nitrogens is 4. The number of nitrogens with two attached hydrogens (primary N) is 1. The van der Waals surface area contributed by atoms with Gasteiger partial charge in [0.1, 0.15) is 5.82 Å². The maximum absolute atomic E-state index is 12.5. The fourth-order valence-corrected chi connectivity index (χ4v) is 6.53. The van der Waals surface area contributed by atoms with E-state index >= 15 is 0 Å². The lowest BCUT2D eigenvalue weighted by Gasteiger charge is -2.31. The van der Waals surface area contributed by atoms with Crippen LogP contribution < -0.4 is 5.73 Å². The number of fused-ring (bicyclic) bond motifs is 1. The fourth-order valence-electron chi connectivity index (χ4n) is 4.55. The molecule has 1 fully saturated rings. The molecule has 5 rings (SSSR count). The maximum Gasteiger partial charge on any atom is 0.216 e. The van der Waals surface area contributed by atoms with Gasteiger partial charge in [0, 0.05) is 49.0 Å². The molecule has 1 aliphatic rings. The van der Waals surface area contributed by atoms with Crippen LogP contribution in [0.1, 0.15) is 24.5 Å². The summed E-state index contributed by atoms with van der Waals surface area (Å²) in [6.07, 6.45) is 4.88. The molecular weight excluding hydrogens is 544 g/mol. The van der Waals surface area contributed by atoms with Crippen LogP contribution in [0.5, 0.6) is 0 Å². The van der Waals surface area contributed by atoms with Gasteiger partial charge >= 0.3 is 0 Å². The minimum Gasteiger partial charge on any atom is -0.384 e. The van der Waals surface area contributed by atoms with E-state index in [0.717, 1.165) is 28.1 Å². The minimum absolute atomic E-state index is 0.00863. The SMILES string of the molecule is COCCS(=O)(=O)N1CCC(c2nc3c(-c4ccc(-c5ccccc5)nc4)cnn3c(N)c2Br)CC1. The summed E-state index contributed by atoms with van der Waals surface area (Å²) < 4.78 is 33.9. The van der Waals surface area contributed by atoms with Gasteiger partial charge in [-0.25, -0.2) is 17.7 Å². The third kappa shape index (κ3) is 4.75. The van der Waals surface area contributed by atoms with Crippen LogP contribution in [0.15, 0.2) is 59.3 Å². The van der Waals surface area contributed by atoms with Gasteiger partial charge in [-0.1, -0.05) is 36.4 Å². The monoisotopic (exact) mass is 570 g/mol. The van der Waals surface area contributed by atoms with Gasteiger partial charge in [0.2, 0.25) is 10.0 Å². The van der Waals surface area contributed by atoms with Crippen molar-refractivity contribution in [2.45, 2.75) is 18.8 Å². The Hall–Kier alpha value is -2.86. The first-order chi connectivity index (χ1) is 17.4. The topological polar surface area (TPSA) is 116 Å². The van der Waals surface area contributed by atoms with Gasteiger partial charge in [-0.05, 0) is 34.8 Å². The van der Waals surface area contributed by atoms with Gasteiger partial charge < -0.3 is 10.5 Å². The molecule has 1 saturated heterocycles. The van der Waals surface area contributed by atoms with Crippen molar-refractivity contribution >= 4 is 37.4 Å². The maximum atomic E-state index is 12.5. The Labute approximate surface area is 218 Å². The molecule has 0 saturated carbocycles. The number of halogens is 1. The molecule has 1 aliphatic heterocycles. The van der Waals surface area contributed by atoms with Gasteiger partial charge in [-0.2, -0.15) is 9.61 Å². The van der Waals surface area contributed by atoms with Gasteiger partial charge in [0.15, 0.2) is 5.65 Å². The number of nitrogens with zero attached hydrogens (tertiary/aromatic N) is 5. The highest BCUT2D eigenvalue weighted by Crippen LogP contribution is 2.37. The van der Waals surface area contributed by atoms with Crippen molar-refractivity contribution in [1.82, 2.24) is 23.9 Å². The lowest BCUT2D eigenvalue weighted by molar-refractivity contribution is 0.214. The number of ether oxygens (including phenoxy) is 1. The number of nitrogen functional groups attached to an aromatic ring is 1. The van der Waals surface area contributed by atoms with Crippen LogP contribution in [0.3, 0.4) is 0 Å². The van der Waals surface area contributed by atoms with E-state index in [1.807, 2.05) is 48.7 Å². The number of piperidine rings is 1. The number of hydrogen-bond donors (Lipinski definition) is 1. The zero-order valence-corrected chi connectivity index (χ0v) is 22.2. The molecule has 36 heavy (non-hydrogen) atoms. The predicted octanol–water partition coefficient (Wildman–Crippen LogP) is 3.96. The van der Waals surface area contributed by atoms with Gasteiger partial charge in [0.25, 0.3) is 0 Å². The zero-order valence-electron chi connectivity index (χ0n) is 19.8. The van der Waals surface area contributed by atoms with Crippen LogP contribution in [0, 0.1) is 0 Å². The average molecular weight is 572 g/mol. The predicted molar refractivity (Wildman–Crippen MR) is 143 cm³/mol. The first-order valence-electron chi connectivity index (χ1n) is 11.7. The molecule has 3 aromatic heterocycles. The Kier molecular flexibility index (Phi) is 7.07. The van der Waals surface area contributed by atoms with Gasteiger partial charge in [-0.15, -0.1) is 0 Å². The number of benzene rings is 1. The smallest absolute Gasteiger partial charge is 0.216 e. The molecule has 11 heteroatoms. The molecule has 0 amide bonds. The Balaban J connectivity index is 1.43. The Bertz CT molecular complexity index is 1470. The fraction of sp³-hybridized carbons (Fsp3) is 0.320. The number of sulfonamides is 1. The van der Waals surface area contributed by atoms with Crippen molar-refractivity contribution in [1.29, 1.82) is 0 Å². The van der Waals surface area contributed by atoms with Crippen molar-refractivity contribution in [2.75, 3.05) is 38.3 Å². The van der Waals surface area contributed by atoms with Crippen LogP contribution in [0.25, 0.3) is 28.0 Å². The first kappa shape index (κ1) is 24.8. The van der Waals surface area contributed by atoms with Crippen molar-refractivity contribution in [3.05, 3.63) is 65.0 Å². The summed E-state index contributed by atoms with van der Waals surface area (Å²) in [5.74, 6) is 0.526. The van der Waals surface area contributed by atoms with E-state index in [9.17, 15) is 8.42 Å². The number of anilines is 1. The summed E-state index contributed by atoms with van der Waals surface area (Å²) in [5, 5.41) is 4.47. The van der Waals surface area contributed by atoms with Crippen molar-refractivity contribution < 1.29 is 13.2 Å². The lowest BCUT2D eigenvalue weighted by atomic mass is 9.94. The minimum atomic E-state index is -3.33. The summed E-state index contributed by atoms with van der Waals surface area (Å²) in [4.78, 5) is 9.61. The number of rotatable bonds is 7. The molecule has 0 aliphatic carbocycles. The van der Waals surface area contributed by atoms with Gasteiger partial charge in [0.05, 0.1) is 34.4 Å². The van der Waals surface area contributed by atoms with Gasteiger partial charge in [-0.3, -0.25) is 4.98 Å². The van der Waals surface area contributed by atoms with Crippen LogP contribution in [0.4, 0.5) is 5.82 Å². The number of methoxy groups -OCH3 is 1. The second-order valence-electron chi connectivity index (χ2n) is 8.77. The number of hydrogen-bond acceptors (Lipinski definition) is 7. The highest BCUT2D eigenvalue weighted by atomic mass is 79.9.